The lowest BCUT2D eigenvalue weighted by atomic mass is 9.94. The molecule has 196 valence electrons. The molecular formula is C24H41F5O4. The van der Waals surface area contributed by atoms with Crippen molar-refractivity contribution in [1.29, 1.82) is 0 Å². The maximum Gasteiger partial charge on any atom is 0.456 e. The first kappa shape index (κ1) is 31.6. The highest BCUT2D eigenvalue weighted by Crippen LogP contribution is 2.36. The first-order valence-corrected chi connectivity index (χ1v) is 12.1. The van der Waals surface area contributed by atoms with Crippen LogP contribution in [0.4, 0.5) is 22.0 Å². The van der Waals surface area contributed by atoms with Gasteiger partial charge in [-0.3, -0.25) is 9.59 Å². The third-order valence-electron chi connectivity index (χ3n) is 5.55. The van der Waals surface area contributed by atoms with Gasteiger partial charge in [-0.25, -0.2) is 0 Å². The van der Waals surface area contributed by atoms with Gasteiger partial charge in [-0.1, -0.05) is 90.4 Å². The lowest BCUT2D eigenvalue weighted by Crippen LogP contribution is -2.44. The van der Waals surface area contributed by atoms with Crippen molar-refractivity contribution in [1.82, 2.24) is 0 Å². The van der Waals surface area contributed by atoms with Gasteiger partial charge < -0.3 is 9.47 Å². The van der Waals surface area contributed by atoms with Gasteiger partial charge in [0.05, 0.1) is 6.61 Å². The molecule has 0 saturated carbocycles. The van der Waals surface area contributed by atoms with E-state index in [0.29, 0.717) is 6.42 Å². The fourth-order valence-electron chi connectivity index (χ4n) is 3.14. The molecule has 0 fully saturated rings. The van der Waals surface area contributed by atoms with Crippen molar-refractivity contribution in [3.05, 3.63) is 0 Å². The largest absolute Gasteiger partial charge is 0.465 e. The molecule has 4 nitrogen and oxygen atoms in total. The normalized spacial score (nSPS) is 12.6. The van der Waals surface area contributed by atoms with Crippen LogP contribution < -0.4 is 0 Å². The summed E-state index contributed by atoms with van der Waals surface area (Å²) in [5.41, 5.74) is -1.97. The maximum atomic E-state index is 12.9. The van der Waals surface area contributed by atoms with E-state index >= 15 is 0 Å². The number of rotatable bonds is 19. The Morgan fingerprint density at radius 2 is 0.970 bits per heavy atom. The monoisotopic (exact) mass is 488 g/mol. The second-order valence-corrected chi connectivity index (χ2v) is 9.14. The number of hydrogen-bond acceptors (Lipinski definition) is 4. The molecule has 0 bridgehead atoms. The Morgan fingerprint density at radius 3 is 1.36 bits per heavy atom. The molecule has 0 rings (SSSR count). The van der Waals surface area contributed by atoms with E-state index in [1.807, 2.05) is 0 Å². The second-order valence-electron chi connectivity index (χ2n) is 9.14. The van der Waals surface area contributed by atoms with Crippen molar-refractivity contribution >= 4 is 11.9 Å². The van der Waals surface area contributed by atoms with Crippen LogP contribution in [0.1, 0.15) is 111 Å². The number of carbonyl (C=O) groups excluding carboxylic acids is 2. The zero-order valence-corrected chi connectivity index (χ0v) is 20.3. The first-order valence-electron chi connectivity index (χ1n) is 12.1. The molecule has 0 aromatic carbocycles. The van der Waals surface area contributed by atoms with Crippen molar-refractivity contribution in [3.8, 4) is 0 Å². The summed E-state index contributed by atoms with van der Waals surface area (Å²) in [6, 6.07) is 0. The molecule has 0 radical (unpaired) electrons. The second kappa shape index (κ2) is 16.3. The van der Waals surface area contributed by atoms with E-state index in [1.165, 1.54) is 57.8 Å². The minimum Gasteiger partial charge on any atom is -0.465 e. The van der Waals surface area contributed by atoms with Gasteiger partial charge in [0.15, 0.2) is 12.0 Å². The number of ether oxygens (including phenoxy) is 2. The van der Waals surface area contributed by atoms with E-state index in [2.05, 4.69) is 11.7 Å². The predicted molar refractivity (Wildman–Crippen MR) is 117 cm³/mol. The third-order valence-corrected chi connectivity index (χ3v) is 5.55. The molecule has 0 saturated heterocycles. The molecule has 0 aromatic heterocycles. The molecule has 0 aliphatic heterocycles. The molecular weight excluding hydrogens is 447 g/mol. The fourth-order valence-corrected chi connectivity index (χ4v) is 3.14. The van der Waals surface area contributed by atoms with Crippen LogP contribution in [-0.4, -0.2) is 37.3 Å². The molecule has 0 N–H and O–H groups in total. The molecule has 0 aromatic rings. The van der Waals surface area contributed by atoms with Crippen molar-refractivity contribution in [2.24, 2.45) is 5.41 Å². The first-order chi connectivity index (χ1) is 15.4. The number of alkyl halides is 5. The molecule has 33 heavy (non-hydrogen) atoms. The summed E-state index contributed by atoms with van der Waals surface area (Å²) in [7, 11) is 0. The summed E-state index contributed by atoms with van der Waals surface area (Å²) in [5, 5.41) is 0. The number of unbranched alkanes of at least 4 members (excludes halogenated alkanes) is 13. The molecule has 0 spiro atoms. The van der Waals surface area contributed by atoms with E-state index < -0.39 is 36.1 Å². The number of hydrogen-bond donors (Lipinski definition) is 0. The molecule has 0 aliphatic carbocycles. The Balaban J connectivity index is 3.82. The molecule has 9 heteroatoms. The van der Waals surface area contributed by atoms with Crippen LogP contribution in [0.2, 0.25) is 0 Å². The van der Waals surface area contributed by atoms with E-state index in [-0.39, 0.29) is 6.61 Å². The highest BCUT2D eigenvalue weighted by molar-refractivity contribution is 5.99. The zero-order chi connectivity index (χ0) is 25.4. The van der Waals surface area contributed by atoms with Crippen molar-refractivity contribution in [3.63, 3.8) is 0 Å². The average Bonchev–Trinajstić information content (AvgIpc) is 2.73. The van der Waals surface area contributed by atoms with Gasteiger partial charge in [-0.05, 0) is 20.3 Å². The van der Waals surface area contributed by atoms with Gasteiger partial charge in [0.25, 0.3) is 0 Å². The van der Waals surface area contributed by atoms with Gasteiger partial charge in [-0.2, -0.15) is 22.0 Å². The number of carbonyl (C=O) groups is 2. The van der Waals surface area contributed by atoms with Crippen LogP contribution in [0.25, 0.3) is 0 Å². The predicted octanol–water partition coefficient (Wildman–Crippen LogP) is 7.78. The molecule has 0 heterocycles. The average molecular weight is 489 g/mol. The smallest absolute Gasteiger partial charge is 0.456 e. The van der Waals surface area contributed by atoms with Crippen LogP contribution in [0.5, 0.6) is 0 Å². The number of halogens is 5. The van der Waals surface area contributed by atoms with Crippen molar-refractivity contribution in [2.75, 3.05) is 13.2 Å². The SMILES string of the molecule is CCCCCCCCCCCCCCCCOC(=O)C(C)(C)C(=O)OCC(F)(F)C(F)(F)F. The van der Waals surface area contributed by atoms with E-state index in [4.69, 9.17) is 4.74 Å². The Bertz CT molecular complexity index is 547. The van der Waals surface area contributed by atoms with E-state index in [1.54, 1.807) is 0 Å². The molecule has 0 unspecified atom stereocenters. The summed E-state index contributed by atoms with van der Waals surface area (Å²) < 4.78 is 71.2. The number of esters is 2. The van der Waals surface area contributed by atoms with Gasteiger partial charge in [0, 0.05) is 0 Å². The van der Waals surface area contributed by atoms with Crippen LogP contribution in [-0.2, 0) is 19.1 Å². The standard InChI is InChI=1S/C24H41F5O4/c1-4-5-6-7-8-9-10-11-12-13-14-15-16-17-18-32-20(30)22(2,3)21(31)33-19-23(25,26)24(27,28)29/h4-19H2,1-3H3. The Morgan fingerprint density at radius 1 is 0.606 bits per heavy atom. The molecule has 0 amide bonds. The minimum absolute atomic E-state index is 0.0479. The van der Waals surface area contributed by atoms with Crippen molar-refractivity contribution < 1.29 is 41.0 Å². The van der Waals surface area contributed by atoms with Gasteiger partial charge >= 0.3 is 24.0 Å². The van der Waals surface area contributed by atoms with E-state index in [9.17, 15) is 31.5 Å². The van der Waals surface area contributed by atoms with Crippen molar-refractivity contribution in [2.45, 2.75) is 123 Å². The Labute approximate surface area is 195 Å². The van der Waals surface area contributed by atoms with Crippen LogP contribution in [0.3, 0.4) is 0 Å². The fraction of sp³-hybridized carbons (Fsp3) is 0.917. The summed E-state index contributed by atoms with van der Waals surface area (Å²) in [5.74, 6) is -7.69. The summed E-state index contributed by atoms with van der Waals surface area (Å²) in [6.07, 6.45) is 10.5. The third kappa shape index (κ3) is 13.8. The molecule has 0 atom stereocenters. The topological polar surface area (TPSA) is 52.6 Å². The highest BCUT2D eigenvalue weighted by Gasteiger charge is 2.59. The lowest BCUT2D eigenvalue weighted by molar-refractivity contribution is -0.294. The van der Waals surface area contributed by atoms with E-state index in [0.717, 1.165) is 39.5 Å². The van der Waals surface area contributed by atoms with Gasteiger partial charge in [0.1, 0.15) is 0 Å². The van der Waals surface area contributed by atoms with Crippen LogP contribution in [0.15, 0.2) is 0 Å². The Kier molecular flexibility index (Phi) is 15.6. The summed E-state index contributed by atoms with van der Waals surface area (Å²) in [4.78, 5) is 23.8. The zero-order valence-electron chi connectivity index (χ0n) is 20.3. The maximum absolute atomic E-state index is 12.9. The minimum atomic E-state index is -5.84. The quantitative estimate of drug-likeness (QED) is 0.0806. The lowest BCUT2D eigenvalue weighted by Gasteiger charge is -2.24. The Hall–Kier alpha value is -1.41. The van der Waals surface area contributed by atoms with Crippen LogP contribution >= 0.6 is 0 Å². The molecule has 0 aliphatic rings. The van der Waals surface area contributed by atoms with Gasteiger partial charge in [0.2, 0.25) is 0 Å². The summed E-state index contributed by atoms with van der Waals surface area (Å²) >= 11 is 0. The summed E-state index contributed by atoms with van der Waals surface area (Å²) in [6.45, 7) is 2.22. The van der Waals surface area contributed by atoms with Gasteiger partial charge in [-0.15, -0.1) is 0 Å². The highest BCUT2D eigenvalue weighted by atomic mass is 19.4. The van der Waals surface area contributed by atoms with Crippen LogP contribution in [0, 0.1) is 5.41 Å².